The zero-order valence-corrected chi connectivity index (χ0v) is 13.5. The van der Waals surface area contributed by atoms with Crippen LogP contribution >= 0.6 is 0 Å². The fourth-order valence-corrected chi connectivity index (χ4v) is 3.27. The number of fused-ring (bicyclic) bond motifs is 1. The highest BCUT2D eigenvalue weighted by Crippen LogP contribution is 2.11. The molecular formula is C15H18N4O2S. The lowest BCUT2D eigenvalue weighted by Gasteiger charge is -1.96. The number of hydrogen-bond acceptors (Lipinski definition) is 5. The van der Waals surface area contributed by atoms with Gasteiger partial charge in [0.2, 0.25) is 5.89 Å². The van der Waals surface area contributed by atoms with E-state index in [1.54, 1.807) is 0 Å². The minimum absolute atomic E-state index is 0.292. The summed E-state index contributed by atoms with van der Waals surface area (Å²) >= 11 is 0. The van der Waals surface area contributed by atoms with Gasteiger partial charge >= 0.3 is 0 Å². The molecule has 3 rings (SSSR count). The van der Waals surface area contributed by atoms with Gasteiger partial charge in [-0.3, -0.25) is 4.21 Å². The first-order valence-corrected chi connectivity index (χ1v) is 8.74. The molecule has 0 N–H and O–H groups in total. The zero-order valence-electron chi connectivity index (χ0n) is 12.7. The van der Waals surface area contributed by atoms with Crippen molar-refractivity contribution in [3.8, 4) is 0 Å². The summed E-state index contributed by atoms with van der Waals surface area (Å²) in [5.74, 6) is 1.79. The summed E-state index contributed by atoms with van der Waals surface area (Å²) in [7, 11) is -1.11. The normalized spacial score (nSPS) is 12.8. The molecule has 0 radical (unpaired) electrons. The molecule has 6 nitrogen and oxygen atoms in total. The van der Waals surface area contributed by atoms with Gasteiger partial charge in [-0.1, -0.05) is 18.1 Å². The second-order valence-electron chi connectivity index (χ2n) is 5.21. The molecule has 0 saturated carbocycles. The van der Waals surface area contributed by atoms with Crippen LogP contribution in [0, 0.1) is 6.92 Å². The molecule has 0 aliphatic rings. The fourth-order valence-electron chi connectivity index (χ4n) is 2.29. The van der Waals surface area contributed by atoms with E-state index >= 15 is 0 Å². The summed E-state index contributed by atoms with van der Waals surface area (Å²) in [6, 6.07) is 5.92. The molecule has 0 fully saturated rings. The van der Waals surface area contributed by atoms with Crippen molar-refractivity contribution in [1.29, 1.82) is 0 Å². The third-order valence-electron chi connectivity index (χ3n) is 3.32. The van der Waals surface area contributed by atoms with Crippen molar-refractivity contribution >= 4 is 16.4 Å². The van der Waals surface area contributed by atoms with Crippen molar-refractivity contribution in [1.82, 2.24) is 19.5 Å². The Labute approximate surface area is 131 Å². The lowest BCUT2D eigenvalue weighted by molar-refractivity contribution is 0.373. The third-order valence-corrected chi connectivity index (χ3v) is 4.52. The highest BCUT2D eigenvalue weighted by molar-refractivity contribution is 7.83. The predicted octanol–water partition coefficient (Wildman–Crippen LogP) is 2.43. The van der Waals surface area contributed by atoms with Crippen LogP contribution in [0.15, 0.2) is 28.9 Å². The number of pyridine rings is 1. The molecule has 0 amide bonds. The Morgan fingerprint density at radius 2 is 2.14 bits per heavy atom. The molecule has 0 bridgehead atoms. The van der Waals surface area contributed by atoms with Gasteiger partial charge in [-0.05, 0) is 25.5 Å². The summed E-state index contributed by atoms with van der Waals surface area (Å²) in [5, 5.41) is 3.87. The average molecular weight is 318 g/mol. The first-order chi connectivity index (χ1) is 10.7. The Morgan fingerprint density at radius 1 is 1.27 bits per heavy atom. The van der Waals surface area contributed by atoms with Gasteiger partial charge in [-0.2, -0.15) is 4.98 Å². The largest absolute Gasteiger partial charge is 0.339 e. The lowest BCUT2D eigenvalue weighted by atomic mass is 10.3. The monoisotopic (exact) mass is 318 g/mol. The first-order valence-electron chi connectivity index (χ1n) is 7.25. The lowest BCUT2D eigenvalue weighted by Crippen LogP contribution is -2.01. The van der Waals surface area contributed by atoms with Crippen molar-refractivity contribution in [3.05, 3.63) is 47.5 Å². The second-order valence-corrected chi connectivity index (χ2v) is 6.67. The van der Waals surface area contributed by atoms with Gasteiger partial charge in [-0.15, -0.1) is 0 Å². The summed E-state index contributed by atoms with van der Waals surface area (Å²) in [4.78, 5) is 8.74. The van der Waals surface area contributed by atoms with E-state index in [4.69, 9.17) is 4.52 Å². The van der Waals surface area contributed by atoms with Crippen LogP contribution in [0.4, 0.5) is 0 Å². The first kappa shape index (κ1) is 14.9. The molecule has 0 aliphatic carbocycles. The maximum atomic E-state index is 12.3. The second kappa shape index (κ2) is 6.39. The van der Waals surface area contributed by atoms with Crippen molar-refractivity contribution in [2.45, 2.75) is 38.2 Å². The van der Waals surface area contributed by atoms with E-state index in [1.165, 1.54) is 0 Å². The van der Waals surface area contributed by atoms with Crippen LogP contribution in [0.3, 0.4) is 0 Å². The summed E-state index contributed by atoms with van der Waals surface area (Å²) < 4.78 is 19.4. The van der Waals surface area contributed by atoms with E-state index < -0.39 is 10.8 Å². The number of aromatic nitrogens is 4. The van der Waals surface area contributed by atoms with Gasteiger partial charge in [-0.25, -0.2) is 4.98 Å². The third kappa shape index (κ3) is 3.24. The van der Waals surface area contributed by atoms with Crippen molar-refractivity contribution in [3.63, 3.8) is 0 Å². The van der Waals surface area contributed by atoms with E-state index in [2.05, 4.69) is 15.1 Å². The zero-order chi connectivity index (χ0) is 15.5. The van der Waals surface area contributed by atoms with E-state index in [1.807, 2.05) is 42.6 Å². The van der Waals surface area contributed by atoms with Gasteiger partial charge in [0, 0.05) is 29.1 Å². The van der Waals surface area contributed by atoms with E-state index in [9.17, 15) is 4.21 Å². The standard InChI is InChI=1S/C15H18N4O2S/c1-3-5-15-17-13(18-21-15)10-22(20)9-12-8-19-11(2)6-4-7-14(19)16-12/h4,6-8H,3,5,9-10H2,1-2H3/t22-/m1/s1. The van der Waals surface area contributed by atoms with Gasteiger partial charge in [0.05, 0.1) is 17.2 Å². The van der Waals surface area contributed by atoms with E-state index in [0.717, 1.165) is 29.9 Å². The molecule has 22 heavy (non-hydrogen) atoms. The van der Waals surface area contributed by atoms with Gasteiger partial charge in [0.1, 0.15) is 5.65 Å². The molecule has 0 aliphatic heterocycles. The van der Waals surface area contributed by atoms with Crippen molar-refractivity contribution in [2.75, 3.05) is 0 Å². The smallest absolute Gasteiger partial charge is 0.226 e. The Bertz CT molecular complexity index is 809. The number of aryl methyl sites for hydroxylation is 2. The number of nitrogens with zero attached hydrogens (tertiary/aromatic N) is 4. The Kier molecular flexibility index (Phi) is 4.33. The van der Waals surface area contributed by atoms with Crippen LogP contribution < -0.4 is 0 Å². The molecule has 3 heterocycles. The number of hydrogen-bond donors (Lipinski definition) is 0. The number of imidazole rings is 1. The molecule has 0 spiro atoms. The van der Waals surface area contributed by atoms with E-state index in [-0.39, 0.29) is 0 Å². The minimum Gasteiger partial charge on any atom is -0.339 e. The molecule has 116 valence electrons. The van der Waals surface area contributed by atoms with Crippen LogP contribution in [0.2, 0.25) is 0 Å². The molecule has 3 aromatic rings. The van der Waals surface area contributed by atoms with Crippen molar-refractivity contribution in [2.24, 2.45) is 0 Å². The Hall–Kier alpha value is -2.02. The van der Waals surface area contributed by atoms with Gasteiger partial charge < -0.3 is 8.92 Å². The molecule has 0 saturated heterocycles. The fraction of sp³-hybridized carbons (Fsp3) is 0.400. The quantitative estimate of drug-likeness (QED) is 0.698. The summed E-state index contributed by atoms with van der Waals surface area (Å²) in [6.45, 7) is 4.07. The van der Waals surface area contributed by atoms with Crippen LogP contribution in [0.25, 0.3) is 5.65 Å². The van der Waals surface area contributed by atoms with Gasteiger partial charge in [0.15, 0.2) is 5.82 Å². The summed E-state index contributed by atoms with van der Waals surface area (Å²) in [5.41, 5.74) is 2.78. The van der Waals surface area contributed by atoms with Crippen LogP contribution in [-0.4, -0.2) is 23.7 Å². The molecule has 0 aromatic carbocycles. The van der Waals surface area contributed by atoms with Crippen LogP contribution in [0.1, 0.15) is 36.4 Å². The van der Waals surface area contributed by atoms with Crippen LogP contribution in [-0.2, 0) is 28.7 Å². The minimum atomic E-state index is -1.11. The summed E-state index contributed by atoms with van der Waals surface area (Å²) in [6.07, 6.45) is 3.64. The highest BCUT2D eigenvalue weighted by atomic mass is 32.2. The molecule has 0 unspecified atom stereocenters. The Balaban J connectivity index is 1.68. The molecular weight excluding hydrogens is 300 g/mol. The maximum absolute atomic E-state index is 12.3. The SMILES string of the molecule is CCCc1nc(C[S@](=O)Cc2cn3c(C)cccc3n2)no1. The topological polar surface area (TPSA) is 73.3 Å². The predicted molar refractivity (Wildman–Crippen MR) is 83.8 cm³/mol. The molecule has 3 aromatic heterocycles. The van der Waals surface area contributed by atoms with Crippen molar-refractivity contribution < 1.29 is 8.73 Å². The average Bonchev–Trinajstić information content (AvgIpc) is 3.06. The number of rotatable bonds is 6. The van der Waals surface area contributed by atoms with Crippen LogP contribution in [0.5, 0.6) is 0 Å². The van der Waals surface area contributed by atoms with E-state index in [0.29, 0.717) is 23.2 Å². The van der Waals surface area contributed by atoms with Gasteiger partial charge in [0.25, 0.3) is 0 Å². The molecule has 7 heteroatoms. The Morgan fingerprint density at radius 3 is 2.91 bits per heavy atom. The maximum Gasteiger partial charge on any atom is 0.226 e. The highest BCUT2D eigenvalue weighted by Gasteiger charge is 2.12. The molecule has 1 atom stereocenters.